The molecular weight excluding hydrogens is 290 g/mol. The van der Waals surface area contributed by atoms with E-state index in [0.717, 1.165) is 12.1 Å². The van der Waals surface area contributed by atoms with Gasteiger partial charge in [0.05, 0.1) is 4.92 Å². The lowest BCUT2D eigenvalue weighted by Gasteiger charge is -2.01. The molecular formula is C7H6FIN2O2. The first-order valence-corrected chi connectivity index (χ1v) is 4.46. The van der Waals surface area contributed by atoms with Crippen LogP contribution in [0.4, 0.5) is 10.1 Å². The molecule has 0 unspecified atom stereocenters. The van der Waals surface area contributed by atoms with Gasteiger partial charge in [0.15, 0.2) is 0 Å². The highest BCUT2D eigenvalue weighted by atomic mass is 127. The van der Waals surface area contributed by atoms with Crippen LogP contribution in [0.2, 0.25) is 0 Å². The molecule has 0 bridgehead atoms. The molecule has 70 valence electrons. The van der Waals surface area contributed by atoms with Crippen molar-refractivity contribution in [3.05, 3.63) is 37.2 Å². The van der Waals surface area contributed by atoms with Crippen LogP contribution in [-0.2, 0) is 6.54 Å². The first kappa shape index (κ1) is 10.3. The molecule has 1 aromatic rings. The maximum absolute atomic E-state index is 12.9. The summed E-state index contributed by atoms with van der Waals surface area (Å²) in [6.45, 7) is 0.166. The van der Waals surface area contributed by atoms with E-state index in [0.29, 0.717) is 9.13 Å². The van der Waals surface area contributed by atoms with Crippen molar-refractivity contribution in [3.63, 3.8) is 0 Å². The lowest BCUT2D eigenvalue weighted by Crippen LogP contribution is -2.02. The van der Waals surface area contributed by atoms with Gasteiger partial charge in [-0.1, -0.05) is 0 Å². The molecule has 0 saturated heterocycles. The summed E-state index contributed by atoms with van der Waals surface area (Å²) >= 11 is 1.88. The van der Waals surface area contributed by atoms with Gasteiger partial charge in [0.2, 0.25) is 5.82 Å². The standard InChI is InChI=1S/C7H6FIN2O2/c8-5-2-6(9)4(3-10)1-7(5)11(12)13/h1-2H,3,10H2. The van der Waals surface area contributed by atoms with Crippen LogP contribution in [0.3, 0.4) is 0 Å². The summed E-state index contributed by atoms with van der Waals surface area (Å²) in [7, 11) is 0. The fourth-order valence-electron chi connectivity index (χ4n) is 0.877. The third-order valence-corrected chi connectivity index (χ3v) is 2.54. The molecule has 0 saturated carbocycles. The zero-order valence-electron chi connectivity index (χ0n) is 6.46. The van der Waals surface area contributed by atoms with Crippen LogP contribution in [0.1, 0.15) is 5.56 Å². The van der Waals surface area contributed by atoms with Crippen LogP contribution in [0, 0.1) is 19.5 Å². The number of nitrogens with zero attached hydrogens (tertiary/aromatic N) is 1. The van der Waals surface area contributed by atoms with Gasteiger partial charge < -0.3 is 5.73 Å². The molecule has 0 radical (unpaired) electrons. The van der Waals surface area contributed by atoms with E-state index in [2.05, 4.69) is 0 Å². The van der Waals surface area contributed by atoms with Crippen molar-refractivity contribution in [1.82, 2.24) is 0 Å². The topological polar surface area (TPSA) is 69.2 Å². The van der Waals surface area contributed by atoms with Gasteiger partial charge in [-0.2, -0.15) is 4.39 Å². The summed E-state index contributed by atoms with van der Waals surface area (Å²) in [6, 6.07) is 2.28. The monoisotopic (exact) mass is 296 g/mol. The smallest absolute Gasteiger partial charge is 0.305 e. The first-order chi connectivity index (χ1) is 6.06. The van der Waals surface area contributed by atoms with E-state index in [1.165, 1.54) is 0 Å². The van der Waals surface area contributed by atoms with E-state index in [4.69, 9.17) is 5.73 Å². The molecule has 1 aromatic carbocycles. The van der Waals surface area contributed by atoms with Crippen molar-refractivity contribution in [3.8, 4) is 0 Å². The van der Waals surface area contributed by atoms with Gasteiger partial charge in [0.25, 0.3) is 0 Å². The molecule has 0 spiro atoms. The van der Waals surface area contributed by atoms with Crippen molar-refractivity contribution >= 4 is 28.3 Å². The minimum Gasteiger partial charge on any atom is -0.326 e. The van der Waals surface area contributed by atoms with Crippen LogP contribution in [0.15, 0.2) is 12.1 Å². The second kappa shape index (κ2) is 3.97. The quantitative estimate of drug-likeness (QED) is 0.514. The number of hydrogen-bond donors (Lipinski definition) is 1. The van der Waals surface area contributed by atoms with E-state index >= 15 is 0 Å². The summed E-state index contributed by atoms with van der Waals surface area (Å²) in [5.74, 6) is -0.827. The average molecular weight is 296 g/mol. The molecule has 0 aliphatic rings. The minimum absolute atomic E-state index is 0.166. The second-order valence-electron chi connectivity index (χ2n) is 2.36. The second-order valence-corrected chi connectivity index (χ2v) is 3.52. The maximum Gasteiger partial charge on any atom is 0.305 e. The van der Waals surface area contributed by atoms with Gasteiger partial charge in [-0.3, -0.25) is 10.1 Å². The number of rotatable bonds is 2. The molecule has 4 nitrogen and oxygen atoms in total. The number of halogens is 2. The van der Waals surface area contributed by atoms with Gasteiger partial charge in [-0.15, -0.1) is 0 Å². The van der Waals surface area contributed by atoms with Crippen LogP contribution in [0.25, 0.3) is 0 Å². The number of benzene rings is 1. The van der Waals surface area contributed by atoms with Crippen molar-refractivity contribution in [2.24, 2.45) is 5.73 Å². The number of nitro benzene ring substituents is 1. The van der Waals surface area contributed by atoms with Gasteiger partial charge in [-0.05, 0) is 34.2 Å². The van der Waals surface area contributed by atoms with E-state index < -0.39 is 16.4 Å². The van der Waals surface area contributed by atoms with Crippen molar-refractivity contribution in [2.45, 2.75) is 6.54 Å². The van der Waals surface area contributed by atoms with Gasteiger partial charge in [0.1, 0.15) is 0 Å². The number of nitro groups is 1. The minimum atomic E-state index is -0.827. The SMILES string of the molecule is NCc1cc([N+](=O)[O-])c(F)cc1I. The molecule has 0 aromatic heterocycles. The summed E-state index contributed by atoms with van der Waals surface area (Å²) in [5, 5.41) is 10.3. The Morgan fingerprint density at radius 2 is 2.23 bits per heavy atom. The zero-order chi connectivity index (χ0) is 10.0. The molecule has 0 atom stereocenters. The Morgan fingerprint density at radius 3 is 2.69 bits per heavy atom. The fraction of sp³-hybridized carbons (Fsp3) is 0.143. The Labute approximate surface area is 87.2 Å². The molecule has 0 aliphatic heterocycles. The molecule has 0 fully saturated rings. The highest BCUT2D eigenvalue weighted by Crippen LogP contribution is 2.23. The third-order valence-electron chi connectivity index (χ3n) is 1.53. The summed E-state index contributed by atoms with van der Waals surface area (Å²) in [5.41, 5.74) is 5.37. The van der Waals surface area contributed by atoms with E-state index in [1.807, 2.05) is 22.6 Å². The molecule has 2 N–H and O–H groups in total. The predicted molar refractivity (Wildman–Crippen MR) is 53.7 cm³/mol. The lowest BCUT2D eigenvalue weighted by atomic mass is 10.2. The molecule has 0 heterocycles. The highest BCUT2D eigenvalue weighted by molar-refractivity contribution is 14.1. The molecule has 13 heavy (non-hydrogen) atoms. The number of nitrogens with two attached hydrogens (primary N) is 1. The number of hydrogen-bond acceptors (Lipinski definition) is 3. The van der Waals surface area contributed by atoms with Gasteiger partial charge in [0, 0.05) is 16.2 Å². The van der Waals surface area contributed by atoms with Gasteiger partial charge in [-0.25, -0.2) is 0 Å². The predicted octanol–water partition coefficient (Wildman–Crippen LogP) is 1.80. The van der Waals surface area contributed by atoms with E-state index in [9.17, 15) is 14.5 Å². The maximum atomic E-state index is 12.9. The summed E-state index contributed by atoms with van der Waals surface area (Å²) < 4.78 is 13.5. The Bertz CT molecular complexity index is 357. The van der Waals surface area contributed by atoms with Crippen LogP contribution >= 0.6 is 22.6 Å². The zero-order valence-corrected chi connectivity index (χ0v) is 8.62. The molecule has 0 aliphatic carbocycles. The van der Waals surface area contributed by atoms with E-state index in [-0.39, 0.29) is 6.54 Å². The van der Waals surface area contributed by atoms with Crippen molar-refractivity contribution in [2.75, 3.05) is 0 Å². The van der Waals surface area contributed by atoms with Crippen molar-refractivity contribution < 1.29 is 9.31 Å². The van der Waals surface area contributed by atoms with E-state index in [1.54, 1.807) is 0 Å². The van der Waals surface area contributed by atoms with Crippen LogP contribution in [0.5, 0.6) is 0 Å². The third kappa shape index (κ3) is 2.13. The molecule has 1 rings (SSSR count). The van der Waals surface area contributed by atoms with Crippen molar-refractivity contribution in [1.29, 1.82) is 0 Å². The average Bonchev–Trinajstić information content (AvgIpc) is 2.03. The first-order valence-electron chi connectivity index (χ1n) is 3.38. The normalized spacial score (nSPS) is 10.1. The fourth-order valence-corrected chi connectivity index (χ4v) is 1.53. The Balaban J connectivity index is 3.30. The summed E-state index contributed by atoms with van der Waals surface area (Å²) in [4.78, 5) is 9.56. The lowest BCUT2D eigenvalue weighted by molar-refractivity contribution is -0.387. The molecule has 6 heteroatoms. The van der Waals surface area contributed by atoms with Crippen LogP contribution < -0.4 is 5.73 Å². The molecule has 0 amide bonds. The summed E-state index contributed by atoms with van der Waals surface area (Å²) in [6.07, 6.45) is 0. The highest BCUT2D eigenvalue weighted by Gasteiger charge is 2.16. The Morgan fingerprint density at radius 1 is 1.62 bits per heavy atom. The Kier molecular flexibility index (Phi) is 3.15. The largest absolute Gasteiger partial charge is 0.326 e. The Hall–Kier alpha value is -0.760. The van der Waals surface area contributed by atoms with Gasteiger partial charge >= 0.3 is 5.69 Å². The van der Waals surface area contributed by atoms with Crippen LogP contribution in [-0.4, -0.2) is 4.92 Å².